The van der Waals surface area contributed by atoms with Gasteiger partial charge in [-0.1, -0.05) is 0 Å². The number of amides is 2. The minimum Gasteiger partial charge on any atom is -0.481 e. The van der Waals surface area contributed by atoms with E-state index >= 15 is 0 Å². The number of benzene rings is 1. The Morgan fingerprint density at radius 2 is 1.81 bits per heavy atom. The summed E-state index contributed by atoms with van der Waals surface area (Å²) < 4.78 is 39.7. The zero-order valence-corrected chi connectivity index (χ0v) is 11.5. The van der Waals surface area contributed by atoms with Gasteiger partial charge in [0.15, 0.2) is 11.6 Å². The lowest BCUT2D eigenvalue weighted by atomic mass is 10.2. The van der Waals surface area contributed by atoms with E-state index in [4.69, 9.17) is 5.11 Å². The molecule has 0 aliphatic heterocycles. The molecule has 2 N–H and O–H groups in total. The summed E-state index contributed by atoms with van der Waals surface area (Å²) in [6, 6.07) is -0.652. The highest BCUT2D eigenvalue weighted by molar-refractivity contribution is 5.90. The van der Waals surface area contributed by atoms with Gasteiger partial charge in [0.2, 0.25) is 0 Å². The van der Waals surface area contributed by atoms with E-state index in [1.165, 1.54) is 6.92 Å². The van der Waals surface area contributed by atoms with E-state index in [0.29, 0.717) is 12.1 Å². The van der Waals surface area contributed by atoms with E-state index in [1.807, 2.05) is 5.32 Å². The number of nitrogens with zero attached hydrogens (tertiary/aromatic N) is 1. The summed E-state index contributed by atoms with van der Waals surface area (Å²) in [4.78, 5) is 23.7. The van der Waals surface area contributed by atoms with Crippen molar-refractivity contribution in [1.82, 2.24) is 4.90 Å². The van der Waals surface area contributed by atoms with Gasteiger partial charge in [-0.05, 0) is 13.8 Å². The summed E-state index contributed by atoms with van der Waals surface area (Å²) in [5.41, 5.74) is -0.776. The fourth-order valence-electron chi connectivity index (χ4n) is 1.86. The Morgan fingerprint density at radius 3 is 2.24 bits per heavy atom. The molecule has 21 heavy (non-hydrogen) atoms. The number of urea groups is 1. The fraction of sp³-hybridized carbons (Fsp3) is 0.385. The van der Waals surface area contributed by atoms with Crippen molar-refractivity contribution in [2.24, 2.45) is 0 Å². The minimum absolute atomic E-state index is 0.144. The van der Waals surface area contributed by atoms with Crippen LogP contribution in [0.1, 0.15) is 20.3 Å². The number of hydrogen-bond acceptors (Lipinski definition) is 2. The van der Waals surface area contributed by atoms with Gasteiger partial charge in [0.1, 0.15) is 11.5 Å². The van der Waals surface area contributed by atoms with Crippen LogP contribution in [0.25, 0.3) is 0 Å². The highest BCUT2D eigenvalue weighted by Crippen LogP contribution is 2.21. The van der Waals surface area contributed by atoms with Crippen molar-refractivity contribution in [2.45, 2.75) is 26.3 Å². The first-order valence-corrected chi connectivity index (χ1v) is 6.20. The van der Waals surface area contributed by atoms with Crippen LogP contribution in [0.2, 0.25) is 0 Å². The van der Waals surface area contributed by atoms with Gasteiger partial charge < -0.3 is 15.3 Å². The molecular formula is C13H15F3N2O3. The van der Waals surface area contributed by atoms with Crippen molar-refractivity contribution in [3.05, 3.63) is 29.6 Å². The molecule has 0 saturated heterocycles. The van der Waals surface area contributed by atoms with Gasteiger partial charge in [0.25, 0.3) is 0 Å². The van der Waals surface area contributed by atoms with Gasteiger partial charge in [-0.2, -0.15) is 0 Å². The summed E-state index contributed by atoms with van der Waals surface area (Å²) in [5, 5.41) is 10.7. The number of carboxylic acids is 1. The van der Waals surface area contributed by atoms with Crippen molar-refractivity contribution in [1.29, 1.82) is 0 Å². The fourth-order valence-corrected chi connectivity index (χ4v) is 1.86. The topological polar surface area (TPSA) is 69.6 Å². The summed E-state index contributed by atoms with van der Waals surface area (Å²) in [7, 11) is 0. The lowest BCUT2D eigenvalue weighted by Crippen LogP contribution is -2.42. The Hall–Kier alpha value is -2.25. The molecule has 1 aromatic rings. The quantitative estimate of drug-likeness (QED) is 0.879. The Labute approximate surface area is 119 Å². The van der Waals surface area contributed by atoms with Gasteiger partial charge in [-0.15, -0.1) is 0 Å². The molecule has 8 heteroatoms. The van der Waals surface area contributed by atoms with Crippen molar-refractivity contribution in [3.63, 3.8) is 0 Å². The van der Waals surface area contributed by atoms with E-state index in [-0.39, 0.29) is 13.0 Å². The molecule has 0 bridgehead atoms. The Kier molecular flexibility index (Phi) is 5.57. The highest BCUT2D eigenvalue weighted by Gasteiger charge is 2.23. The van der Waals surface area contributed by atoms with Crippen LogP contribution < -0.4 is 5.32 Å². The molecule has 0 aliphatic rings. The van der Waals surface area contributed by atoms with Gasteiger partial charge in [0.05, 0.1) is 6.42 Å². The number of carboxylic acid groups (broad SMARTS) is 1. The van der Waals surface area contributed by atoms with Crippen molar-refractivity contribution < 1.29 is 27.9 Å². The third kappa shape index (κ3) is 4.37. The van der Waals surface area contributed by atoms with Crippen LogP contribution in [0.15, 0.2) is 12.1 Å². The maximum atomic E-state index is 13.4. The van der Waals surface area contributed by atoms with Crippen LogP contribution in [0.3, 0.4) is 0 Å². The molecule has 1 atom stereocenters. The Bertz CT molecular complexity index is 528. The maximum Gasteiger partial charge on any atom is 0.322 e. The van der Waals surface area contributed by atoms with E-state index in [2.05, 4.69) is 0 Å². The second-order valence-corrected chi connectivity index (χ2v) is 4.41. The largest absolute Gasteiger partial charge is 0.481 e. The molecule has 0 spiro atoms. The van der Waals surface area contributed by atoms with Crippen LogP contribution in [-0.4, -0.2) is 34.6 Å². The molecule has 0 fully saturated rings. The van der Waals surface area contributed by atoms with E-state index in [0.717, 1.165) is 4.90 Å². The number of rotatable bonds is 5. The van der Waals surface area contributed by atoms with Gasteiger partial charge >= 0.3 is 12.0 Å². The number of aliphatic carboxylic acids is 1. The molecule has 116 valence electrons. The van der Waals surface area contributed by atoms with Crippen molar-refractivity contribution in [2.75, 3.05) is 11.9 Å². The Balaban J connectivity index is 2.91. The number of carbonyl (C=O) groups is 2. The molecule has 0 saturated carbocycles. The molecule has 2 amide bonds. The van der Waals surface area contributed by atoms with Crippen LogP contribution in [-0.2, 0) is 4.79 Å². The van der Waals surface area contributed by atoms with E-state index < -0.39 is 41.2 Å². The summed E-state index contributed by atoms with van der Waals surface area (Å²) >= 11 is 0. The molecule has 0 radical (unpaired) electrons. The van der Waals surface area contributed by atoms with Crippen molar-refractivity contribution >= 4 is 17.7 Å². The first kappa shape index (κ1) is 16.8. The zero-order chi connectivity index (χ0) is 16.2. The second kappa shape index (κ2) is 6.96. The number of nitrogens with one attached hydrogen (secondary N) is 1. The lowest BCUT2D eigenvalue weighted by molar-refractivity contribution is -0.137. The van der Waals surface area contributed by atoms with Gasteiger partial charge in [0, 0.05) is 24.7 Å². The average Bonchev–Trinajstić information content (AvgIpc) is 2.33. The third-order valence-electron chi connectivity index (χ3n) is 2.84. The molecule has 0 aromatic heterocycles. The normalized spacial score (nSPS) is 11.9. The van der Waals surface area contributed by atoms with Crippen LogP contribution >= 0.6 is 0 Å². The molecular weight excluding hydrogens is 289 g/mol. The number of anilines is 1. The number of carbonyl (C=O) groups excluding carboxylic acids is 1. The Morgan fingerprint density at radius 1 is 1.29 bits per heavy atom. The van der Waals surface area contributed by atoms with Gasteiger partial charge in [-0.25, -0.2) is 18.0 Å². The first-order chi connectivity index (χ1) is 9.76. The number of hydrogen-bond donors (Lipinski definition) is 2. The summed E-state index contributed by atoms with van der Waals surface area (Å²) in [5.74, 6) is -4.70. The number of halogens is 3. The minimum atomic E-state index is -1.25. The summed E-state index contributed by atoms with van der Waals surface area (Å²) in [6.07, 6.45) is -0.310. The monoisotopic (exact) mass is 304 g/mol. The predicted octanol–water partition coefficient (Wildman–Crippen LogP) is 2.82. The van der Waals surface area contributed by atoms with E-state index in [9.17, 15) is 22.8 Å². The highest BCUT2D eigenvalue weighted by atomic mass is 19.1. The van der Waals surface area contributed by atoms with Crippen LogP contribution in [0, 0.1) is 17.5 Å². The van der Waals surface area contributed by atoms with E-state index in [1.54, 1.807) is 6.92 Å². The van der Waals surface area contributed by atoms with Crippen LogP contribution in [0.5, 0.6) is 0 Å². The first-order valence-electron chi connectivity index (χ1n) is 6.20. The second-order valence-electron chi connectivity index (χ2n) is 4.41. The molecule has 0 aliphatic carbocycles. The smallest absolute Gasteiger partial charge is 0.322 e. The predicted molar refractivity (Wildman–Crippen MR) is 69.4 cm³/mol. The molecule has 1 aromatic carbocycles. The molecule has 1 unspecified atom stereocenters. The maximum absolute atomic E-state index is 13.4. The standard InChI is InChI=1S/C13H15F3N2O3/c1-3-18(7(2)4-11(19)20)13(21)17-12-9(15)5-8(14)6-10(12)16/h5-7H,3-4H2,1-2H3,(H,17,21)(H,19,20). The SMILES string of the molecule is CCN(C(=O)Nc1c(F)cc(F)cc1F)C(C)CC(=O)O. The average molecular weight is 304 g/mol. The van der Waals surface area contributed by atoms with Crippen molar-refractivity contribution in [3.8, 4) is 0 Å². The third-order valence-corrected chi connectivity index (χ3v) is 2.84. The van der Waals surface area contributed by atoms with Crippen LogP contribution in [0.4, 0.5) is 23.7 Å². The molecule has 1 rings (SSSR count). The molecule has 5 nitrogen and oxygen atoms in total. The summed E-state index contributed by atoms with van der Waals surface area (Å²) in [6.45, 7) is 3.23. The van der Waals surface area contributed by atoms with Gasteiger partial charge in [-0.3, -0.25) is 4.79 Å². The zero-order valence-electron chi connectivity index (χ0n) is 11.5. The molecule has 0 heterocycles. The lowest BCUT2D eigenvalue weighted by Gasteiger charge is -2.27.